The maximum atomic E-state index is 14.1. The number of allylic oxidation sites excluding steroid dienone is 3. The smallest absolute Gasteiger partial charge is 0.413 e. The predicted molar refractivity (Wildman–Crippen MR) is 49.8 cm³/mol. The molecule has 0 spiro atoms. The minimum Gasteiger partial charge on any atom is -0.452 e. The molecular formula is C10H10FNO3. The number of likely N-dealkylation sites (tertiary alicyclic amines) is 1. The summed E-state index contributed by atoms with van der Waals surface area (Å²) in [6.45, 7) is 0.229. The van der Waals surface area contributed by atoms with Gasteiger partial charge < -0.3 is 4.74 Å². The molecule has 2 aliphatic rings. The van der Waals surface area contributed by atoms with Gasteiger partial charge in [0.1, 0.15) is 0 Å². The van der Waals surface area contributed by atoms with Gasteiger partial charge in [-0.25, -0.2) is 9.18 Å². The zero-order valence-electron chi connectivity index (χ0n) is 8.20. The predicted octanol–water partition coefficient (Wildman–Crippen LogP) is 1.19. The molecule has 1 unspecified atom stereocenters. The van der Waals surface area contributed by atoms with Crippen LogP contribution in [0.1, 0.15) is 6.42 Å². The number of alkyl halides is 1. The molecule has 1 amide bonds. The third kappa shape index (κ3) is 1.44. The summed E-state index contributed by atoms with van der Waals surface area (Å²) in [6.07, 6.45) is 3.06. The van der Waals surface area contributed by atoms with Gasteiger partial charge in [0, 0.05) is 19.0 Å². The highest BCUT2D eigenvalue weighted by Crippen LogP contribution is 2.39. The van der Waals surface area contributed by atoms with Crippen molar-refractivity contribution in [2.24, 2.45) is 0 Å². The number of methoxy groups -OCH3 is 1. The molecule has 0 N–H and O–H groups in total. The number of ether oxygens (including phenoxy) is 1. The van der Waals surface area contributed by atoms with E-state index in [1.54, 1.807) is 0 Å². The summed E-state index contributed by atoms with van der Waals surface area (Å²) in [6, 6.07) is 0. The van der Waals surface area contributed by atoms with Crippen LogP contribution in [0.25, 0.3) is 0 Å². The van der Waals surface area contributed by atoms with Crippen molar-refractivity contribution in [2.45, 2.75) is 12.1 Å². The maximum absolute atomic E-state index is 14.1. The third-order valence-electron chi connectivity index (χ3n) is 2.60. The first-order valence-corrected chi connectivity index (χ1v) is 4.56. The van der Waals surface area contributed by atoms with E-state index >= 15 is 0 Å². The number of carbonyl (C=O) groups excluding carboxylic acids is 2. The van der Waals surface area contributed by atoms with E-state index in [1.165, 1.54) is 19.3 Å². The van der Waals surface area contributed by atoms with E-state index in [0.717, 1.165) is 11.0 Å². The lowest BCUT2D eigenvalue weighted by Gasteiger charge is -2.23. The van der Waals surface area contributed by atoms with Crippen molar-refractivity contribution in [3.63, 3.8) is 0 Å². The highest BCUT2D eigenvalue weighted by atomic mass is 19.1. The summed E-state index contributed by atoms with van der Waals surface area (Å²) in [5.41, 5.74) is -1.61. The first-order valence-electron chi connectivity index (χ1n) is 4.56. The van der Waals surface area contributed by atoms with E-state index in [4.69, 9.17) is 0 Å². The van der Waals surface area contributed by atoms with Crippen molar-refractivity contribution in [3.8, 4) is 0 Å². The van der Waals surface area contributed by atoms with Crippen LogP contribution in [0.3, 0.4) is 0 Å². The quantitative estimate of drug-likeness (QED) is 0.604. The first-order chi connectivity index (χ1) is 7.07. The Hall–Kier alpha value is -1.65. The molecule has 1 aliphatic heterocycles. The minimum absolute atomic E-state index is 0.0850. The minimum atomic E-state index is -1.69. The number of hydrogen-bond donors (Lipinski definition) is 0. The maximum Gasteiger partial charge on any atom is 0.413 e. The van der Waals surface area contributed by atoms with Gasteiger partial charge in [0.05, 0.1) is 12.8 Å². The number of ketones is 1. The van der Waals surface area contributed by atoms with Crippen molar-refractivity contribution < 1.29 is 18.7 Å². The van der Waals surface area contributed by atoms with Crippen LogP contribution in [0.4, 0.5) is 9.18 Å². The molecule has 1 atom stereocenters. The largest absolute Gasteiger partial charge is 0.452 e. The molecule has 0 aromatic heterocycles. The van der Waals surface area contributed by atoms with E-state index in [9.17, 15) is 14.0 Å². The Morgan fingerprint density at radius 1 is 1.67 bits per heavy atom. The molecule has 4 nitrogen and oxygen atoms in total. The van der Waals surface area contributed by atoms with Gasteiger partial charge in [-0.3, -0.25) is 9.69 Å². The Labute approximate surface area is 86.0 Å². The van der Waals surface area contributed by atoms with Crippen LogP contribution in [0.2, 0.25) is 0 Å². The molecule has 15 heavy (non-hydrogen) atoms. The molecule has 1 fully saturated rings. The Morgan fingerprint density at radius 3 is 3.07 bits per heavy atom. The summed E-state index contributed by atoms with van der Waals surface area (Å²) in [5, 5.41) is 0. The number of hydrogen-bond acceptors (Lipinski definition) is 3. The molecule has 80 valence electrons. The highest BCUT2D eigenvalue weighted by molar-refractivity contribution is 6.02. The molecule has 1 heterocycles. The Kier molecular flexibility index (Phi) is 2.10. The van der Waals surface area contributed by atoms with Crippen molar-refractivity contribution in [1.82, 2.24) is 4.90 Å². The summed E-state index contributed by atoms with van der Waals surface area (Å²) in [7, 11) is 1.22. The second-order valence-electron chi connectivity index (χ2n) is 3.50. The van der Waals surface area contributed by atoms with E-state index in [-0.39, 0.29) is 24.4 Å². The molecule has 0 aromatic rings. The Bertz CT molecular complexity index is 388. The van der Waals surface area contributed by atoms with Crippen molar-refractivity contribution >= 4 is 11.9 Å². The lowest BCUT2D eigenvalue weighted by molar-refractivity contribution is -0.110. The fraction of sp³-hybridized carbons (Fsp3) is 0.400. The van der Waals surface area contributed by atoms with E-state index in [0.29, 0.717) is 0 Å². The van der Waals surface area contributed by atoms with Gasteiger partial charge in [-0.1, -0.05) is 0 Å². The Balaban J connectivity index is 2.35. The Morgan fingerprint density at radius 2 is 2.40 bits per heavy atom. The zero-order chi connectivity index (χ0) is 11.1. The standard InChI is InChI=1S/C10H10FNO3/c1-15-9(14)12-5-4-10(11)3-2-7(13)6-8(10)12/h2-3,6H,4-5H2,1H3. The number of fused-ring (bicyclic) bond motifs is 1. The number of nitrogens with zero attached hydrogens (tertiary/aromatic N) is 1. The van der Waals surface area contributed by atoms with Crippen LogP contribution in [0, 0.1) is 0 Å². The van der Waals surface area contributed by atoms with Gasteiger partial charge >= 0.3 is 6.09 Å². The van der Waals surface area contributed by atoms with Crippen LogP contribution in [0.15, 0.2) is 23.9 Å². The van der Waals surface area contributed by atoms with E-state index in [2.05, 4.69) is 4.74 Å². The third-order valence-corrected chi connectivity index (χ3v) is 2.60. The van der Waals surface area contributed by atoms with Crippen LogP contribution in [-0.4, -0.2) is 36.1 Å². The molecule has 1 saturated heterocycles. The normalized spacial score (nSPS) is 28.8. The van der Waals surface area contributed by atoms with Gasteiger partial charge in [-0.2, -0.15) is 0 Å². The zero-order valence-corrected chi connectivity index (χ0v) is 8.20. The van der Waals surface area contributed by atoms with Crippen LogP contribution >= 0.6 is 0 Å². The lowest BCUT2D eigenvalue weighted by Crippen LogP contribution is -2.32. The van der Waals surface area contributed by atoms with Gasteiger partial charge in [0.25, 0.3) is 0 Å². The van der Waals surface area contributed by atoms with Gasteiger partial charge in [0.15, 0.2) is 11.5 Å². The lowest BCUT2D eigenvalue weighted by atomic mass is 9.95. The molecule has 1 aliphatic carbocycles. The van der Waals surface area contributed by atoms with Gasteiger partial charge in [-0.05, 0) is 12.2 Å². The average molecular weight is 211 g/mol. The topological polar surface area (TPSA) is 46.6 Å². The van der Waals surface area contributed by atoms with E-state index < -0.39 is 11.8 Å². The van der Waals surface area contributed by atoms with Crippen molar-refractivity contribution in [1.29, 1.82) is 0 Å². The van der Waals surface area contributed by atoms with Crippen molar-refractivity contribution in [2.75, 3.05) is 13.7 Å². The van der Waals surface area contributed by atoms with E-state index in [1.807, 2.05) is 0 Å². The SMILES string of the molecule is COC(=O)N1CCC2(F)C=CC(=O)C=C12. The number of rotatable bonds is 0. The molecule has 2 rings (SSSR count). The second kappa shape index (κ2) is 3.18. The number of halogens is 1. The van der Waals surface area contributed by atoms with Crippen LogP contribution < -0.4 is 0 Å². The summed E-state index contributed by atoms with van der Waals surface area (Å²) >= 11 is 0. The highest BCUT2D eigenvalue weighted by Gasteiger charge is 2.45. The number of carbonyl (C=O) groups is 2. The summed E-state index contributed by atoms with van der Waals surface area (Å²) in [5.74, 6) is -0.311. The molecule has 0 bridgehead atoms. The molecule has 0 saturated carbocycles. The number of amides is 1. The van der Waals surface area contributed by atoms with Gasteiger partial charge in [-0.15, -0.1) is 0 Å². The first kappa shape index (κ1) is 9.89. The molecule has 0 radical (unpaired) electrons. The summed E-state index contributed by atoms with van der Waals surface area (Å²) in [4.78, 5) is 23.5. The fourth-order valence-electron chi connectivity index (χ4n) is 1.81. The van der Waals surface area contributed by atoms with Crippen molar-refractivity contribution in [3.05, 3.63) is 23.9 Å². The molecule has 5 heteroatoms. The molecule has 0 aromatic carbocycles. The monoisotopic (exact) mass is 211 g/mol. The molecular weight excluding hydrogens is 201 g/mol. The van der Waals surface area contributed by atoms with Crippen LogP contribution in [-0.2, 0) is 9.53 Å². The fourth-order valence-corrected chi connectivity index (χ4v) is 1.81. The van der Waals surface area contributed by atoms with Crippen LogP contribution in [0.5, 0.6) is 0 Å². The summed E-state index contributed by atoms with van der Waals surface area (Å²) < 4.78 is 18.6. The van der Waals surface area contributed by atoms with Gasteiger partial charge in [0.2, 0.25) is 0 Å². The average Bonchev–Trinajstić information content (AvgIpc) is 2.55. The second-order valence-corrected chi connectivity index (χ2v) is 3.50.